The lowest BCUT2D eigenvalue weighted by Crippen LogP contribution is -2.52. The molecule has 2 saturated heterocycles. The van der Waals surface area contributed by atoms with Crippen LogP contribution in [0, 0.1) is 5.92 Å². The summed E-state index contributed by atoms with van der Waals surface area (Å²) in [4.78, 5) is 21.1. The van der Waals surface area contributed by atoms with E-state index in [1.54, 1.807) is 0 Å². The van der Waals surface area contributed by atoms with Crippen LogP contribution in [0.2, 0.25) is 0 Å². The predicted octanol–water partition coefficient (Wildman–Crippen LogP) is 2.53. The van der Waals surface area contributed by atoms with Crippen LogP contribution in [0.25, 0.3) is 0 Å². The molecule has 1 N–H and O–H groups in total. The Morgan fingerprint density at radius 1 is 1.29 bits per heavy atom. The summed E-state index contributed by atoms with van der Waals surface area (Å²) >= 11 is 0. The predicted molar refractivity (Wildman–Crippen MR) is 95.9 cm³/mol. The van der Waals surface area contributed by atoms with Gasteiger partial charge in [0.2, 0.25) is 0 Å². The van der Waals surface area contributed by atoms with Crippen LogP contribution in [0.1, 0.15) is 38.2 Å². The number of likely N-dealkylation sites (N-methyl/N-ethyl adjacent to an activating group) is 1. The molecule has 132 valence electrons. The molecule has 24 heavy (non-hydrogen) atoms. The zero-order chi connectivity index (χ0) is 16.8. The van der Waals surface area contributed by atoms with Crippen molar-refractivity contribution in [1.29, 1.82) is 0 Å². The Labute approximate surface area is 145 Å². The molecule has 0 aromatic carbocycles. The quantitative estimate of drug-likeness (QED) is 0.923. The highest BCUT2D eigenvalue weighted by Gasteiger charge is 2.26. The van der Waals surface area contributed by atoms with Crippen molar-refractivity contribution in [2.24, 2.45) is 5.92 Å². The third-order valence-electron chi connectivity index (χ3n) is 5.43. The number of likely N-dealkylation sites (tertiary alicyclic amines) is 2. The Morgan fingerprint density at radius 2 is 2.12 bits per heavy atom. The summed E-state index contributed by atoms with van der Waals surface area (Å²) in [5, 5.41) is 3.25. The van der Waals surface area contributed by atoms with Crippen molar-refractivity contribution in [2.45, 2.75) is 45.1 Å². The molecular weight excluding hydrogens is 300 g/mol. The van der Waals surface area contributed by atoms with Gasteiger partial charge < -0.3 is 15.1 Å². The monoisotopic (exact) mass is 330 g/mol. The van der Waals surface area contributed by atoms with E-state index in [4.69, 9.17) is 0 Å². The Bertz CT molecular complexity index is 513. The summed E-state index contributed by atoms with van der Waals surface area (Å²) in [5.74, 6) is 0.670. The second-order valence-electron chi connectivity index (χ2n) is 7.18. The number of hydrogen-bond acceptors (Lipinski definition) is 3. The highest BCUT2D eigenvalue weighted by Crippen LogP contribution is 2.21. The zero-order valence-corrected chi connectivity index (χ0v) is 14.8. The summed E-state index contributed by atoms with van der Waals surface area (Å²) in [6, 6.07) is 4.60. The van der Waals surface area contributed by atoms with Crippen LogP contribution in [0.4, 0.5) is 4.79 Å². The number of urea groups is 1. The van der Waals surface area contributed by atoms with Gasteiger partial charge in [-0.3, -0.25) is 4.98 Å². The minimum Gasteiger partial charge on any atom is -0.334 e. The van der Waals surface area contributed by atoms with Crippen LogP contribution in [-0.2, 0) is 6.42 Å². The van der Waals surface area contributed by atoms with Crippen molar-refractivity contribution in [3.05, 3.63) is 30.1 Å². The molecule has 0 aliphatic carbocycles. The minimum atomic E-state index is 0.137. The third-order valence-corrected chi connectivity index (χ3v) is 5.43. The van der Waals surface area contributed by atoms with E-state index in [-0.39, 0.29) is 6.03 Å². The van der Waals surface area contributed by atoms with E-state index in [0.717, 1.165) is 51.9 Å². The normalized spacial score (nSPS) is 23.2. The SMILES string of the molecule is CCN1CCC[C@@H](NC(=O)N2CCC(Cc3cccnc3)CC2)C1. The fraction of sp³-hybridized carbons (Fsp3) is 0.684. The lowest BCUT2D eigenvalue weighted by molar-refractivity contribution is 0.153. The van der Waals surface area contributed by atoms with Gasteiger partial charge in [-0.05, 0) is 62.7 Å². The first kappa shape index (κ1) is 17.2. The average Bonchev–Trinajstić information content (AvgIpc) is 2.63. The second-order valence-corrected chi connectivity index (χ2v) is 7.18. The van der Waals surface area contributed by atoms with Crippen LogP contribution in [-0.4, -0.2) is 59.6 Å². The molecule has 2 amide bonds. The molecule has 0 radical (unpaired) electrons. The van der Waals surface area contributed by atoms with Crippen LogP contribution in [0.5, 0.6) is 0 Å². The van der Waals surface area contributed by atoms with E-state index in [1.165, 1.54) is 18.5 Å². The summed E-state index contributed by atoms with van der Waals surface area (Å²) in [6.45, 7) is 7.19. The molecule has 0 spiro atoms. The second kappa shape index (κ2) is 8.47. The molecule has 5 heteroatoms. The number of rotatable bonds is 4. The molecule has 0 saturated carbocycles. The molecule has 1 aromatic heterocycles. The number of nitrogens with zero attached hydrogens (tertiary/aromatic N) is 3. The van der Waals surface area contributed by atoms with Gasteiger partial charge >= 0.3 is 6.03 Å². The van der Waals surface area contributed by atoms with Crippen molar-refractivity contribution in [3.63, 3.8) is 0 Å². The molecule has 3 rings (SSSR count). The summed E-state index contributed by atoms with van der Waals surface area (Å²) in [7, 11) is 0. The molecule has 1 aromatic rings. The van der Waals surface area contributed by atoms with Gasteiger partial charge in [-0.15, -0.1) is 0 Å². The van der Waals surface area contributed by atoms with Crippen LogP contribution in [0.3, 0.4) is 0 Å². The number of nitrogens with one attached hydrogen (secondary N) is 1. The van der Waals surface area contributed by atoms with E-state index in [9.17, 15) is 4.79 Å². The maximum absolute atomic E-state index is 12.5. The van der Waals surface area contributed by atoms with E-state index in [2.05, 4.69) is 28.2 Å². The fourth-order valence-electron chi connectivity index (χ4n) is 3.92. The van der Waals surface area contributed by atoms with Gasteiger partial charge in [-0.2, -0.15) is 0 Å². The molecule has 3 heterocycles. The first-order valence-corrected chi connectivity index (χ1v) is 9.41. The Morgan fingerprint density at radius 3 is 2.83 bits per heavy atom. The van der Waals surface area contributed by atoms with Gasteiger partial charge in [0.1, 0.15) is 0 Å². The topological polar surface area (TPSA) is 48.5 Å². The average molecular weight is 330 g/mol. The zero-order valence-electron chi connectivity index (χ0n) is 14.8. The number of piperidine rings is 2. The summed E-state index contributed by atoms with van der Waals surface area (Å²) in [5.41, 5.74) is 1.31. The van der Waals surface area contributed by atoms with E-state index in [0.29, 0.717) is 12.0 Å². The van der Waals surface area contributed by atoms with E-state index < -0.39 is 0 Å². The van der Waals surface area contributed by atoms with Gasteiger partial charge in [-0.1, -0.05) is 13.0 Å². The van der Waals surface area contributed by atoms with Crippen molar-refractivity contribution < 1.29 is 4.79 Å². The third kappa shape index (κ3) is 4.69. The maximum Gasteiger partial charge on any atom is 0.317 e. The minimum absolute atomic E-state index is 0.137. The van der Waals surface area contributed by atoms with Crippen molar-refractivity contribution >= 4 is 6.03 Å². The smallest absolute Gasteiger partial charge is 0.317 e. The molecule has 0 unspecified atom stereocenters. The highest BCUT2D eigenvalue weighted by molar-refractivity contribution is 5.74. The van der Waals surface area contributed by atoms with Crippen LogP contribution >= 0.6 is 0 Å². The summed E-state index contributed by atoms with van der Waals surface area (Å²) in [6.07, 6.45) is 9.34. The molecular formula is C19H30N4O. The van der Waals surface area contributed by atoms with Gasteiger partial charge in [-0.25, -0.2) is 4.79 Å². The molecule has 2 aliphatic heterocycles. The van der Waals surface area contributed by atoms with Crippen molar-refractivity contribution in [3.8, 4) is 0 Å². The van der Waals surface area contributed by atoms with E-state index in [1.807, 2.05) is 23.4 Å². The Kier molecular flexibility index (Phi) is 6.07. The lowest BCUT2D eigenvalue weighted by atomic mass is 9.91. The number of aromatic nitrogens is 1. The van der Waals surface area contributed by atoms with Crippen molar-refractivity contribution in [2.75, 3.05) is 32.7 Å². The van der Waals surface area contributed by atoms with Crippen molar-refractivity contribution in [1.82, 2.24) is 20.1 Å². The first-order valence-electron chi connectivity index (χ1n) is 9.41. The number of carbonyl (C=O) groups excluding carboxylic acids is 1. The molecule has 5 nitrogen and oxygen atoms in total. The van der Waals surface area contributed by atoms with E-state index >= 15 is 0 Å². The lowest BCUT2D eigenvalue weighted by Gasteiger charge is -2.36. The standard InChI is InChI=1S/C19H30N4O/c1-2-22-10-4-6-18(15-22)21-19(24)23-11-7-16(8-12-23)13-17-5-3-9-20-14-17/h3,5,9,14,16,18H,2,4,6-8,10-13,15H2,1H3,(H,21,24)/t18-/m1/s1. The summed E-state index contributed by atoms with van der Waals surface area (Å²) < 4.78 is 0. The number of pyridine rings is 1. The Balaban J connectivity index is 1.42. The van der Waals surface area contributed by atoms with Crippen LogP contribution in [0.15, 0.2) is 24.5 Å². The largest absolute Gasteiger partial charge is 0.334 e. The molecule has 2 fully saturated rings. The number of carbonyl (C=O) groups is 1. The molecule has 0 bridgehead atoms. The number of amides is 2. The van der Waals surface area contributed by atoms with Gasteiger partial charge in [0.05, 0.1) is 0 Å². The van der Waals surface area contributed by atoms with Gasteiger partial charge in [0.15, 0.2) is 0 Å². The molecule has 1 atom stereocenters. The highest BCUT2D eigenvalue weighted by atomic mass is 16.2. The fourth-order valence-corrected chi connectivity index (χ4v) is 3.92. The first-order chi connectivity index (χ1) is 11.7. The maximum atomic E-state index is 12.5. The van der Waals surface area contributed by atoms with Crippen LogP contribution < -0.4 is 5.32 Å². The Hall–Kier alpha value is -1.62. The molecule has 2 aliphatic rings. The van der Waals surface area contributed by atoms with Gasteiger partial charge in [0, 0.05) is 38.1 Å². The van der Waals surface area contributed by atoms with Gasteiger partial charge in [0.25, 0.3) is 0 Å². The number of hydrogen-bond donors (Lipinski definition) is 1.